The van der Waals surface area contributed by atoms with Crippen molar-refractivity contribution in [3.63, 3.8) is 0 Å². The summed E-state index contributed by atoms with van der Waals surface area (Å²) in [6.45, 7) is -0.0218. The Morgan fingerprint density at radius 3 is 2.43 bits per heavy atom. The first-order valence-electron chi connectivity index (χ1n) is 7.15. The number of hydrogen-bond acceptors (Lipinski definition) is 4. The molecule has 0 saturated carbocycles. The highest BCUT2D eigenvalue weighted by molar-refractivity contribution is 6.04. The topological polar surface area (TPSA) is 75.1 Å². The van der Waals surface area contributed by atoms with Gasteiger partial charge in [-0.1, -0.05) is 18.2 Å². The molecule has 0 unspecified atom stereocenters. The molecule has 0 atom stereocenters. The fourth-order valence-electron chi connectivity index (χ4n) is 2.12. The maximum absolute atomic E-state index is 12.3. The minimum Gasteiger partial charge on any atom is -0.392 e. The van der Waals surface area contributed by atoms with Crippen LogP contribution in [0, 0.1) is 0 Å². The zero-order chi connectivity index (χ0) is 16.1. The van der Waals surface area contributed by atoms with Crippen molar-refractivity contribution in [3.05, 3.63) is 78.1 Å². The number of aromatic nitrogens is 2. The zero-order valence-electron chi connectivity index (χ0n) is 12.3. The SMILES string of the molecule is O=C(Nc1ccc(CO)cc1)c1ccnc(-c2ccccn2)c1. The number of aliphatic hydroxyl groups excluding tert-OH is 1. The summed E-state index contributed by atoms with van der Waals surface area (Å²) < 4.78 is 0. The summed E-state index contributed by atoms with van der Waals surface area (Å²) in [5, 5.41) is 11.8. The first-order valence-corrected chi connectivity index (χ1v) is 7.15. The van der Waals surface area contributed by atoms with Crippen molar-refractivity contribution >= 4 is 11.6 Å². The second-order valence-corrected chi connectivity index (χ2v) is 4.95. The molecule has 0 radical (unpaired) electrons. The molecule has 3 rings (SSSR count). The van der Waals surface area contributed by atoms with Crippen molar-refractivity contribution in [2.24, 2.45) is 0 Å². The van der Waals surface area contributed by atoms with Crippen LogP contribution in [0.3, 0.4) is 0 Å². The maximum Gasteiger partial charge on any atom is 0.255 e. The lowest BCUT2D eigenvalue weighted by Crippen LogP contribution is -2.12. The molecule has 0 bridgehead atoms. The third-order valence-corrected chi connectivity index (χ3v) is 3.34. The van der Waals surface area contributed by atoms with E-state index in [1.807, 2.05) is 18.2 Å². The molecule has 2 heterocycles. The molecule has 1 amide bonds. The van der Waals surface area contributed by atoms with Crippen LogP contribution >= 0.6 is 0 Å². The van der Waals surface area contributed by atoms with Crippen LogP contribution < -0.4 is 5.32 Å². The number of pyridine rings is 2. The normalized spacial score (nSPS) is 10.3. The van der Waals surface area contributed by atoms with E-state index < -0.39 is 0 Å². The highest BCUT2D eigenvalue weighted by Gasteiger charge is 2.09. The van der Waals surface area contributed by atoms with Gasteiger partial charge in [-0.05, 0) is 42.0 Å². The van der Waals surface area contributed by atoms with Crippen LogP contribution in [0.1, 0.15) is 15.9 Å². The fourth-order valence-corrected chi connectivity index (χ4v) is 2.12. The van der Waals surface area contributed by atoms with Crippen molar-refractivity contribution in [2.45, 2.75) is 6.61 Å². The summed E-state index contributed by atoms with van der Waals surface area (Å²) in [5.41, 5.74) is 3.34. The van der Waals surface area contributed by atoms with Gasteiger partial charge in [0.05, 0.1) is 18.0 Å². The van der Waals surface area contributed by atoms with Crippen molar-refractivity contribution < 1.29 is 9.90 Å². The maximum atomic E-state index is 12.3. The molecule has 5 heteroatoms. The van der Waals surface area contributed by atoms with Crippen molar-refractivity contribution in [3.8, 4) is 11.4 Å². The van der Waals surface area contributed by atoms with Crippen LogP contribution in [0.2, 0.25) is 0 Å². The third kappa shape index (κ3) is 3.59. The zero-order valence-corrected chi connectivity index (χ0v) is 12.3. The number of nitrogens with one attached hydrogen (secondary N) is 1. The molecule has 2 N–H and O–H groups in total. The fraction of sp³-hybridized carbons (Fsp3) is 0.0556. The van der Waals surface area contributed by atoms with E-state index in [9.17, 15) is 4.79 Å². The van der Waals surface area contributed by atoms with E-state index >= 15 is 0 Å². The van der Waals surface area contributed by atoms with E-state index in [4.69, 9.17) is 5.11 Å². The first-order chi connectivity index (χ1) is 11.3. The molecule has 0 aliphatic rings. The Labute approximate surface area is 133 Å². The molecule has 0 aliphatic heterocycles. The number of aliphatic hydroxyl groups is 1. The quantitative estimate of drug-likeness (QED) is 0.777. The second-order valence-electron chi connectivity index (χ2n) is 4.95. The minimum absolute atomic E-state index is 0.0218. The Hall–Kier alpha value is -3.05. The number of carbonyl (C=O) groups excluding carboxylic acids is 1. The van der Waals surface area contributed by atoms with E-state index in [-0.39, 0.29) is 12.5 Å². The van der Waals surface area contributed by atoms with Gasteiger partial charge in [0.15, 0.2) is 0 Å². The lowest BCUT2D eigenvalue weighted by molar-refractivity contribution is 0.102. The van der Waals surface area contributed by atoms with Gasteiger partial charge in [0.25, 0.3) is 5.91 Å². The summed E-state index contributed by atoms with van der Waals surface area (Å²) >= 11 is 0. The highest BCUT2D eigenvalue weighted by atomic mass is 16.3. The molecule has 0 saturated heterocycles. The molecule has 0 fully saturated rings. The van der Waals surface area contributed by atoms with Crippen molar-refractivity contribution in [2.75, 3.05) is 5.32 Å². The Bertz CT molecular complexity index is 802. The van der Waals surface area contributed by atoms with E-state index in [1.165, 1.54) is 0 Å². The molecule has 0 aliphatic carbocycles. The summed E-state index contributed by atoms with van der Waals surface area (Å²) in [5.74, 6) is -0.221. The molecule has 1 aromatic carbocycles. The van der Waals surface area contributed by atoms with Crippen LogP contribution in [-0.2, 0) is 6.61 Å². The standard InChI is InChI=1S/C18H15N3O2/c22-12-13-4-6-15(7-5-13)21-18(23)14-8-10-20-17(11-14)16-3-1-2-9-19-16/h1-11,22H,12H2,(H,21,23). The number of nitrogens with zero attached hydrogens (tertiary/aromatic N) is 2. The van der Waals surface area contributed by atoms with Crippen molar-refractivity contribution in [1.82, 2.24) is 9.97 Å². The highest BCUT2D eigenvalue weighted by Crippen LogP contribution is 2.16. The monoisotopic (exact) mass is 305 g/mol. The van der Waals surface area contributed by atoms with E-state index in [0.717, 1.165) is 11.3 Å². The van der Waals surface area contributed by atoms with Gasteiger partial charge in [-0.15, -0.1) is 0 Å². The molecule has 0 spiro atoms. The molecule has 5 nitrogen and oxygen atoms in total. The second kappa shape index (κ2) is 6.81. The van der Waals surface area contributed by atoms with Gasteiger partial charge in [0.2, 0.25) is 0 Å². The van der Waals surface area contributed by atoms with Gasteiger partial charge in [0.1, 0.15) is 0 Å². The van der Waals surface area contributed by atoms with Crippen LogP contribution in [0.5, 0.6) is 0 Å². The van der Waals surface area contributed by atoms with Crippen molar-refractivity contribution in [1.29, 1.82) is 0 Å². The summed E-state index contributed by atoms with van der Waals surface area (Å²) in [4.78, 5) is 20.8. The molecular weight excluding hydrogens is 290 g/mol. The number of benzene rings is 1. The molecule has 114 valence electrons. The third-order valence-electron chi connectivity index (χ3n) is 3.34. The average molecular weight is 305 g/mol. The predicted octanol–water partition coefficient (Wildman–Crippen LogP) is 2.89. The van der Waals surface area contributed by atoms with E-state index in [1.54, 1.807) is 48.8 Å². The number of amides is 1. The Morgan fingerprint density at radius 2 is 1.74 bits per heavy atom. The molecule has 3 aromatic rings. The summed E-state index contributed by atoms with van der Waals surface area (Å²) in [6.07, 6.45) is 3.28. The predicted molar refractivity (Wildman–Crippen MR) is 87.8 cm³/mol. The number of anilines is 1. The molecule has 23 heavy (non-hydrogen) atoms. The largest absolute Gasteiger partial charge is 0.392 e. The Balaban J connectivity index is 1.79. The lowest BCUT2D eigenvalue weighted by atomic mass is 10.1. The van der Waals surface area contributed by atoms with Gasteiger partial charge in [-0.25, -0.2) is 0 Å². The van der Waals surface area contributed by atoms with Gasteiger partial charge in [-0.2, -0.15) is 0 Å². The molecule has 2 aromatic heterocycles. The number of hydrogen-bond donors (Lipinski definition) is 2. The number of rotatable bonds is 4. The van der Waals surface area contributed by atoms with Gasteiger partial charge in [0, 0.05) is 23.6 Å². The smallest absolute Gasteiger partial charge is 0.255 e. The minimum atomic E-state index is -0.221. The Morgan fingerprint density at radius 1 is 0.957 bits per heavy atom. The van der Waals surface area contributed by atoms with Gasteiger partial charge < -0.3 is 10.4 Å². The summed E-state index contributed by atoms with van der Waals surface area (Å²) in [6, 6.07) is 16.0. The Kier molecular flexibility index (Phi) is 4.40. The van der Waals surface area contributed by atoms with Crippen LogP contribution in [0.15, 0.2) is 67.0 Å². The molecular formula is C18H15N3O2. The average Bonchev–Trinajstić information content (AvgIpc) is 2.63. The van der Waals surface area contributed by atoms with Crippen LogP contribution in [0.4, 0.5) is 5.69 Å². The van der Waals surface area contributed by atoms with Gasteiger partial charge in [-0.3, -0.25) is 14.8 Å². The first kappa shape index (κ1) is 14.9. The van der Waals surface area contributed by atoms with Crippen LogP contribution in [-0.4, -0.2) is 21.0 Å². The number of carbonyl (C=O) groups is 1. The van der Waals surface area contributed by atoms with Crippen LogP contribution in [0.25, 0.3) is 11.4 Å². The van der Waals surface area contributed by atoms with E-state index in [2.05, 4.69) is 15.3 Å². The van der Waals surface area contributed by atoms with E-state index in [0.29, 0.717) is 16.9 Å². The van der Waals surface area contributed by atoms with Gasteiger partial charge >= 0.3 is 0 Å². The lowest BCUT2D eigenvalue weighted by Gasteiger charge is -2.07. The summed E-state index contributed by atoms with van der Waals surface area (Å²) in [7, 11) is 0.